The van der Waals surface area contributed by atoms with Gasteiger partial charge in [0.25, 0.3) is 5.91 Å². The second kappa shape index (κ2) is 8.79. The lowest BCUT2D eigenvalue weighted by Crippen LogP contribution is -2.33. The highest BCUT2D eigenvalue weighted by Gasteiger charge is 2.16. The minimum Gasteiger partial charge on any atom is -0.352 e. The van der Waals surface area contributed by atoms with Gasteiger partial charge >= 0.3 is 0 Å². The van der Waals surface area contributed by atoms with Gasteiger partial charge in [-0.05, 0) is 50.4 Å². The fourth-order valence-corrected chi connectivity index (χ4v) is 2.82. The molecule has 1 aliphatic heterocycles. The first-order chi connectivity index (χ1) is 9.58. The third-order valence-electron chi connectivity index (χ3n) is 3.49. The molecule has 0 bridgehead atoms. The van der Waals surface area contributed by atoms with Gasteiger partial charge in [-0.25, -0.2) is 4.39 Å². The Labute approximate surface area is 140 Å². The number of carbonyl (C=O) groups excluding carboxylic acids is 1. The van der Waals surface area contributed by atoms with E-state index >= 15 is 0 Å². The van der Waals surface area contributed by atoms with Crippen LogP contribution >= 0.6 is 35.6 Å². The van der Waals surface area contributed by atoms with Crippen LogP contribution in [0.4, 0.5) is 4.39 Å². The maximum Gasteiger partial charge on any atom is 0.252 e. The van der Waals surface area contributed by atoms with Crippen LogP contribution in [0, 0.1) is 11.7 Å². The van der Waals surface area contributed by atoms with Crippen molar-refractivity contribution in [2.45, 2.75) is 19.3 Å². The van der Waals surface area contributed by atoms with E-state index in [0.29, 0.717) is 12.5 Å². The van der Waals surface area contributed by atoms with Gasteiger partial charge in [0.15, 0.2) is 0 Å². The number of hydrogen-bond donors (Lipinski definition) is 2. The average molecular weight is 356 g/mol. The Balaban J connectivity index is 0.00000220. The van der Waals surface area contributed by atoms with Crippen molar-refractivity contribution in [3.05, 3.63) is 33.6 Å². The van der Waals surface area contributed by atoms with Crippen LogP contribution in [-0.2, 0) is 0 Å². The smallest absolute Gasteiger partial charge is 0.252 e. The lowest BCUT2D eigenvalue weighted by Gasteiger charge is -2.22. The summed E-state index contributed by atoms with van der Waals surface area (Å²) in [5.41, 5.74) is 0.121. The molecule has 1 atom stereocenters. The second-order valence-electron chi connectivity index (χ2n) is 5.00. The van der Waals surface area contributed by atoms with Gasteiger partial charge in [0.05, 0.1) is 15.6 Å². The van der Waals surface area contributed by atoms with Gasteiger partial charge in [0.2, 0.25) is 0 Å². The van der Waals surface area contributed by atoms with E-state index in [2.05, 4.69) is 10.6 Å². The van der Waals surface area contributed by atoms with Crippen LogP contribution in [-0.4, -0.2) is 25.5 Å². The number of rotatable bonds is 4. The molecular weight excluding hydrogens is 338 g/mol. The van der Waals surface area contributed by atoms with Crippen molar-refractivity contribution in [3.8, 4) is 0 Å². The maximum absolute atomic E-state index is 13.4. The predicted molar refractivity (Wildman–Crippen MR) is 86.2 cm³/mol. The molecule has 3 nitrogen and oxygen atoms in total. The minimum atomic E-state index is -0.641. The van der Waals surface area contributed by atoms with Crippen molar-refractivity contribution in [2.24, 2.45) is 5.92 Å². The van der Waals surface area contributed by atoms with Crippen LogP contribution in [0.2, 0.25) is 10.0 Å². The van der Waals surface area contributed by atoms with Crippen LogP contribution in [0.1, 0.15) is 29.6 Å². The summed E-state index contributed by atoms with van der Waals surface area (Å²) < 4.78 is 13.4. The van der Waals surface area contributed by atoms with E-state index in [1.54, 1.807) is 0 Å². The quantitative estimate of drug-likeness (QED) is 0.809. The zero-order valence-electron chi connectivity index (χ0n) is 11.4. The zero-order chi connectivity index (χ0) is 14.5. The van der Waals surface area contributed by atoms with Crippen molar-refractivity contribution < 1.29 is 9.18 Å². The first kappa shape index (κ1) is 18.5. The number of carbonyl (C=O) groups is 1. The molecule has 118 valence electrons. The normalized spacial score (nSPS) is 18.0. The minimum absolute atomic E-state index is 0. The first-order valence-corrected chi connectivity index (χ1v) is 7.47. The summed E-state index contributed by atoms with van der Waals surface area (Å²) in [4.78, 5) is 11.9. The Bertz CT molecular complexity index is 493. The molecule has 0 saturated carbocycles. The molecule has 7 heteroatoms. The molecule has 1 heterocycles. The summed E-state index contributed by atoms with van der Waals surface area (Å²) in [6, 6.07) is 2.32. The summed E-state index contributed by atoms with van der Waals surface area (Å²) in [7, 11) is 0. The van der Waals surface area contributed by atoms with Gasteiger partial charge in [-0.1, -0.05) is 23.2 Å². The summed E-state index contributed by atoms with van der Waals surface area (Å²) >= 11 is 11.5. The average Bonchev–Trinajstić information content (AvgIpc) is 2.44. The van der Waals surface area contributed by atoms with Gasteiger partial charge in [0.1, 0.15) is 5.82 Å². The molecule has 1 aromatic rings. The number of nitrogens with one attached hydrogen (secondary N) is 2. The Hall–Kier alpha value is -0.550. The molecule has 2 rings (SSSR count). The molecule has 0 radical (unpaired) electrons. The predicted octanol–water partition coefficient (Wildman–Crippen LogP) is 3.67. The Morgan fingerprint density at radius 2 is 2.14 bits per heavy atom. The third-order valence-corrected chi connectivity index (χ3v) is 4.09. The molecular formula is C14H18Cl3FN2O. The highest BCUT2D eigenvalue weighted by molar-refractivity contribution is 6.36. The monoisotopic (exact) mass is 354 g/mol. The number of benzene rings is 1. The summed E-state index contributed by atoms with van der Waals surface area (Å²) in [5, 5.41) is 6.18. The lowest BCUT2D eigenvalue weighted by molar-refractivity contribution is 0.0950. The Morgan fingerprint density at radius 1 is 1.38 bits per heavy atom. The molecule has 1 aliphatic rings. The molecule has 21 heavy (non-hydrogen) atoms. The van der Waals surface area contributed by atoms with Gasteiger partial charge < -0.3 is 10.6 Å². The molecule has 1 fully saturated rings. The number of hydrogen-bond acceptors (Lipinski definition) is 2. The van der Waals surface area contributed by atoms with Gasteiger partial charge in [-0.3, -0.25) is 4.79 Å². The molecule has 1 aromatic carbocycles. The highest BCUT2D eigenvalue weighted by atomic mass is 35.5. The van der Waals surface area contributed by atoms with Crippen LogP contribution in [0.5, 0.6) is 0 Å². The van der Waals surface area contributed by atoms with Crippen molar-refractivity contribution in [1.29, 1.82) is 0 Å². The van der Waals surface area contributed by atoms with Crippen LogP contribution < -0.4 is 10.6 Å². The standard InChI is InChI=1S/C14H17Cl2FN2O.ClH/c15-11-7-12(16)13(17)6-10(11)14(20)19-5-3-9-2-1-4-18-8-9;/h6-7,9,18H,1-5,8H2,(H,19,20);1H. The van der Waals surface area contributed by atoms with E-state index in [9.17, 15) is 9.18 Å². The van der Waals surface area contributed by atoms with E-state index < -0.39 is 5.82 Å². The van der Waals surface area contributed by atoms with Gasteiger partial charge in [0, 0.05) is 6.54 Å². The van der Waals surface area contributed by atoms with Crippen LogP contribution in [0.25, 0.3) is 0 Å². The van der Waals surface area contributed by atoms with Crippen molar-refractivity contribution in [2.75, 3.05) is 19.6 Å². The topological polar surface area (TPSA) is 41.1 Å². The third kappa shape index (κ3) is 5.29. The van der Waals surface area contributed by atoms with E-state index in [0.717, 1.165) is 25.6 Å². The molecule has 0 aromatic heterocycles. The van der Waals surface area contributed by atoms with E-state index in [4.69, 9.17) is 23.2 Å². The first-order valence-electron chi connectivity index (χ1n) is 6.71. The Kier molecular flexibility index (Phi) is 7.74. The van der Waals surface area contributed by atoms with Crippen LogP contribution in [0.3, 0.4) is 0 Å². The SMILES string of the molecule is Cl.O=C(NCCC1CCCNC1)c1cc(F)c(Cl)cc1Cl. The fraction of sp³-hybridized carbons (Fsp3) is 0.500. The molecule has 2 N–H and O–H groups in total. The molecule has 0 spiro atoms. The van der Waals surface area contributed by atoms with Gasteiger partial charge in [-0.15, -0.1) is 12.4 Å². The number of halogens is 4. The molecule has 0 aliphatic carbocycles. The fourth-order valence-electron chi connectivity index (χ4n) is 2.35. The van der Waals surface area contributed by atoms with Crippen molar-refractivity contribution in [3.63, 3.8) is 0 Å². The Morgan fingerprint density at radius 3 is 2.81 bits per heavy atom. The molecule has 1 amide bonds. The van der Waals surface area contributed by atoms with E-state index in [1.165, 1.54) is 18.9 Å². The lowest BCUT2D eigenvalue weighted by atomic mass is 9.96. The number of piperidine rings is 1. The van der Waals surface area contributed by atoms with E-state index in [1.807, 2.05) is 0 Å². The van der Waals surface area contributed by atoms with Crippen molar-refractivity contribution >= 4 is 41.5 Å². The summed E-state index contributed by atoms with van der Waals surface area (Å²) in [5.74, 6) is -0.423. The molecule has 1 unspecified atom stereocenters. The maximum atomic E-state index is 13.4. The van der Waals surface area contributed by atoms with Crippen LogP contribution in [0.15, 0.2) is 12.1 Å². The number of amides is 1. The summed E-state index contributed by atoms with van der Waals surface area (Å²) in [6.45, 7) is 2.63. The molecule has 1 saturated heterocycles. The van der Waals surface area contributed by atoms with Gasteiger partial charge in [-0.2, -0.15) is 0 Å². The summed E-state index contributed by atoms with van der Waals surface area (Å²) in [6.07, 6.45) is 3.26. The second-order valence-corrected chi connectivity index (χ2v) is 5.82. The van der Waals surface area contributed by atoms with E-state index in [-0.39, 0.29) is 33.9 Å². The highest BCUT2D eigenvalue weighted by Crippen LogP contribution is 2.24. The largest absolute Gasteiger partial charge is 0.352 e. The zero-order valence-corrected chi connectivity index (χ0v) is 13.8. The van der Waals surface area contributed by atoms with Crippen molar-refractivity contribution in [1.82, 2.24) is 10.6 Å².